The van der Waals surface area contributed by atoms with Gasteiger partial charge in [0.05, 0.1) is 25.9 Å². The number of carbonyl (C=O) groups is 2. The normalized spacial score (nSPS) is 23.5. The van der Waals surface area contributed by atoms with E-state index in [2.05, 4.69) is 5.32 Å². The molecule has 2 aliphatic heterocycles. The third-order valence-corrected chi connectivity index (χ3v) is 5.65. The molecule has 2 aromatic rings. The van der Waals surface area contributed by atoms with Crippen molar-refractivity contribution in [1.29, 1.82) is 0 Å². The molecule has 0 aromatic heterocycles. The second-order valence-electron chi connectivity index (χ2n) is 8.03. The summed E-state index contributed by atoms with van der Waals surface area (Å²) in [5.74, 6) is 1.74. The van der Waals surface area contributed by atoms with Gasteiger partial charge in [0.25, 0.3) is 5.91 Å². The fourth-order valence-electron chi connectivity index (χ4n) is 3.74. The predicted molar refractivity (Wildman–Crippen MR) is 121 cm³/mol. The van der Waals surface area contributed by atoms with E-state index in [0.717, 1.165) is 19.3 Å². The summed E-state index contributed by atoms with van der Waals surface area (Å²) in [6.45, 7) is 1.17. The second kappa shape index (κ2) is 10.0. The average molecular weight is 445 g/mol. The molecule has 2 heterocycles. The molecule has 8 nitrogen and oxygen atoms in total. The molecule has 32 heavy (non-hydrogen) atoms. The van der Waals surface area contributed by atoms with E-state index in [0.29, 0.717) is 36.0 Å². The fourth-order valence-corrected chi connectivity index (χ4v) is 3.74. The number of nitrogens with one attached hydrogen (secondary N) is 1. The molecule has 3 N–H and O–H groups in total. The highest BCUT2D eigenvalue weighted by Gasteiger charge is 2.42. The van der Waals surface area contributed by atoms with E-state index in [4.69, 9.17) is 24.7 Å². The van der Waals surface area contributed by atoms with Crippen molar-refractivity contribution in [2.45, 2.75) is 37.5 Å². The Morgan fingerprint density at radius 3 is 2.53 bits per heavy atom. The van der Waals surface area contributed by atoms with Gasteiger partial charge in [-0.05, 0) is 49.6 Å². The first-order valence-corrected chi connectivity index (χ1v) is 10.8. The first-order valence-electron chi connectivity index (χ1n) is 10.8. The van der Waals surface area contributed by atoms with Gasteiger partial charge >= 0.3 is 0 Å². The largest absolute Gasteiger partial charge is 0.493 e. The zero-order chi connectivity index (χ0) is 22.5. The van der Waals surface area contributed by atoms with Crippen molar-refractivity contribution in [2.24, 2.45) is 11.7 Å². The van der Waals surface area contributed by atoms with Crippen LogP contribution in [0.15, 0.2) is 48.5 Å². The highest BCUT2D eigenvalue weighted by atomic mass is 16.6. The number of hydrogen-bond acceptors (Lipinski definition) is 6. The predicted octanol–water partition coefficient (Wildman–Crippen LogP) is 3.15. The second-order valence-corrected chi connectivity index (χ2v) is 8.03. The maximum absolute atomic E-state index is 12.6. The number of ether oxygens (including phenoxy) is 4. The molecule has 0 unspecified atom stereocenters. The van der Waals surface area contributed by atoms with E-state index in [-0.39, 0.29) is 38.8 Å². The van der Waals surface area contributed by atoms with Gasteiger partial charge in [-0.15, -0.1) is 0 Å². The zero-order valence-corrected chi connectivity index (χ0v) is 18.0. The van der Waals surface area contributed by atoms with Gasteiger partial charge in [-0.2, -0.15) is 0 Å². The Morgan fingerprint density at radius 1 is 1.06 bits per heavy atom. The number of benzene rings is 2. The standard InChI is InChI=1S/C20H21NO5.C4H7NO.2H2/c1-23-16-7-2-3-8-17(16)26-14-6-4-5-13(11-14)20(22)21-15-12-25-18-9-10-24-19(15)18;5-4(6)3-1-2-3;;/h2-8,11,15,18-19H,9-10,12H2,1H3,(H,21,22);3H,1-2H2,(H2,5,6);2*1H/t15-,18+,19+;;;/m0.../s1. The number of amides is 2. The Balaban J connectivity index is 0.000000448. The van der Waals surface area contributed by atoms with E-state index in [1.54, 1.807) is 31.4 Å². The van der Waals surface area contributed by atoms with Crippen LogP contribution >= 0.6 is 0 Å². The Morgan fingerprint density at radius 2 is 1.84 bits per heavy atom. The summed E-state index contributed by atoms with van der Waals surface area (Å²) >= 11 is 0. The summed E-state index contributed by atoms with van der Waals surface area (Å²) in [6, 6.07) is 14.3. The number of fused-ring (bicyclic) bond motifs is 1. The molecule has 3 aliphatic rings. The highest BCUT2D eigenvalue weighted by molar-refractivity contribution is 5.94. The van der Waals surface area contributed by atoms with Crippen molar-refractivity contribution in [1.82, 2.24) is 5.32 Å². The number of hydrogen-bond donors (Lipinski definition) is 2. The molecule has 2 aromatic carbocycles. The van der Waals surface area contributed by atoms with Crippen LogP contribution in [0.3, 0.4) is 0 Å². The molecule has 0 spiro atoms. The van der Waals surface area contributed by atoms with Gasteiger partial charge in [0.2, 0.25) is 5.91 Å². The third-order valence-electron chi connectivity index (χ3n) is 5.65. The van der Waals surface area contributed by atoms with Gasteiger partial charge < -0.3 is 30.0 Å². The lowest BCUT2D eigenvalue weighted by Crippen LogP contribution is -2.43. The van der Waals surface area contributed by atoms with Crippen LogP contribution < -0.4 is 20.5 Å². The summed E-state index contributed by atoms with van der Waals surface area (Å²) in [7, 11) is 1.59. The van der Waals surface area contributed by atoms with Gasteiger partial charge in [0, 0.05) is 20.9 Å². The van der Waals surface area contributed by atoms with Gasteiger partial charge in [0.1, 0.15) is 11.9 Å². The number of primary amides is 1. The third kappa shape index (κ3) is 5.38. The topological polar surface area (TPSA) is 109 Å². The molecular formula is C24H32N2O6. The lowest BCUT2D eigenvalue weighted by Gasteiger charge is -2.17. The molecule has 8 heteroatoms. The van der Waals surface area contributed by atoms with Crippen LogP contribution in [0.25, 0.3) is 0 Å². The van der Waals surface area contributed by atoms with E-state index >= 15 is 0 Å². The Bertz CT molecular complexity index is 972. The quantitative estimate of drug-likeness (QED) is 0.708. The molecular weight excluding hydrogens is 412 g/mol. The summed E-state index contributed by atoms with van der Waals surface area (Å²) < 4.78 is 22.5. The lowest BCUT2D eigenvalue weighted by molar-refractivity contribution is -0.119. The first kappa shape index (κ1) is 22.1. The average Bonchev–Trinajstić information content (AvgIpc) is 3.45. The van der Waals surface area contributed by atoms with Crippen molar-refractivity contribution in [3.8, 4) is 17.2 Å². The molecule has 3 atom stereocenters. The molecule has 1 aliphatic carbocycles. The van der Waals surface area contributed by atoms with Gasteiger partial charge in [-0.25, -0.2) is 0 Å². The molecule has 1 saturated carbocycles. The molecule has 0 bridgehead atoms. The van der Waals surface area contributed by atoms with Crippen LogP contribution in [-0.4, -0.2) is 50.4 Å². The van der Waals surface area contributed by atoms with Gasteiger partial charge in [-0.1, -0.05) is 18.2 Å². The number of carbonyl (C=O) groups excluding carboxylic acids is 2. The molecule has 5 rings (SSSR count). The summed E-state index contributed by atoms with van der Waals surface area (Å²) in [5, 5.41) is 3.01. The summed E-state index contributed by atoms with van der Waals surface area (Å²) in [4.78, 5) is 22.6. The van der Waals surface area contributed by atoms with E-state index < -0.39 is 0 Å². The van der Waals surface area contributed by atoms with Crippen molar-refractivity contribution in [3.63, 3.8) is 0 Å². The van der Waals surface area contributed by atoms with Crippen LogP contribution in [0.1, 0.15) is 32.5 Å². The SMILES string of the molecule is COc1ccccc1Oc1cccc(C(=O)N[C@H]2CO[C@@H]3CCO[C@H]23)c1.NC(=O)C1CC1.[HH].[HH]. The summed E-state index contributed by atoms with van der Waals surface area (Å²) in [5.41, 5.74) is 5.39. The molecule has 174 valence electrons. The van der Waals surface area contributed by atoms with E-state index in [9.17, 15) is 9.59 Å². The first-order chi connectivity index (χ1) is 15.5. The van der Waals surface area contributed by atoms with E-state index in [1.165, 1.54) is 0 Å². The number of para-hydroxylation sites is 2. The monoisotopic (exact) mass is 444 g/mol. The number of rotatable bonds is 6. The van der Waals surface area contributed by atoms with Crippen LogP contribution in [0.4, 0.5) is 0 Å². The number of methoxy groups -OCH3 is 1. The maximum Gasteiger partial charge on any atom is 0.251 e. The minimum atomic E-state index is -0.166. The smallest absolute Gasteiger partial charge is 0.251 e. The minimum Gasteiger partial charge on any atom is -0.493 e. The van der Waals surface area contributed by atoms with Gasteiger partial charge in [0.15, 0.2) is 11.5 Å². The molecule has 2 amide bonds. The Labute approximate surface area is 189 Å². The summed E-state index contributed by atoms with van der Waals surface area (Å²) in [6.07, 6.45) is 2.98. The Hall–Kier alpha value is -3.10. The number of nitrogens with two attached hydrogens (primary N) is 1. The minimum absolute atomic E-state index is 0. The van der Waals surface area contributed by atoms with Gasteiger partial charge in [-0.3, -0.25) is 9.59 Å². The zero-order valence-electron chi connectivity index (χ0n) is 18.0. The van der Waals surface area contributed by atoms with Crippen molar-refractivity contribution in [3.05, 3.63) is 54.1 Å². The van der Waals surface area contributed by atoms with Crippen molar-refractivity contribution in [2.75, 3.05) is 20.3 Å². The van der Waals surface area contributed by atoms with Crippen LogP contribution in [0, 0.1) is 5.92 Å². The Kier molecular flexibility index (Phi) is 6.92. The molecule has 2 saturated heterocycles. The molecule has 0 radical (unpaired) electrons. The van der Waals surface area contributed by atoms with Crippen LogP contribution in [-0.2, 0) is 14.3 Å². The maximum atomic E-state index is 12.6. The lowest BCUT2D eigenvalue weighted by atomic mass is 10.1. The van der Waals surface area contributed by atoms with Crippen LogP contribution in [0.5, 0.6) is 17.2 Å². The van der Waals surface area contributed by atoms with Crippen molar-refractivity contribution < 1.29 is 31.4 Å². The van der Waals surface area contributed by atoms with E-state index in [1.807, 2.05) is 24.3 Å². The van der Waals surface area contributed by atoms with Crippen LogP contribution in [0.2, 0.25) is 0 Å². The molecule has 3 fully saturated rings. The fraction of sp³-hybridized carbons (Fsp3) is 0.417. The van der Waals surface area contributed by atoms with Crippen molar-refractivity contribution >= 4 is 11.8 Å². The highest BCUT2D eigenvalue weighted by Crippen LogP contribution is 2.31.